The third-order valence-electron chi connectivity index (χ3n) is 2.57. The second-order valence-corrected chi connectivity index (χ2v) is 7.23. The highest BCUT2D eigenvalue weighted by Crippen LogP contribution is 2.13. The number of hydrogen-bond acceptors (Lipinski definition) is 5. The maximum Gasteiger partial charge on any atom is 0.500 e. The average Bonchev–Trinajstić information content (AvgIpc) is 2.55. The van der Waals surface area contributed by atoms with Crippen LogP contribution in [0, 0.1) is 0 Å². The van der Waals surface area contributed by atoms with E-state index in [0.717, 1.165) is 19.0 Å². The fourth-order valence-corrected chi connectivity index (χ4v) is 3.20. The van der Waals surface area contributed by atoms with Crippen LogP contribution in [0.15, 0.2) is 30.3 Å². The van der Waals surface area contributed by atoms with Gasteiger partial charge in [0.1, 0.15) is 0 Å². The van der Waals surface area contributed by atoms with Gasteiger partial charge in [-0.15, -0.1) is 0 Å². The van der Waals surface area contributed by atoms with Crippen LogP contribution >= 0.6 is 0 Å². The Bertz CT molecular complexity index is 301. The first-order chi connectivity index (χ1) is 10.1. The van der Waals surface area contributed by atoms with E-state index in [1.165, 1.54) is 5.56 Å². The summed E-state index contributed by atoms with van der Waals surface area (Å²) >= 11 is 0. The van der Waals surface area contributed by atoms with E-state index in [1.54, 1.807) is 21.3 Å². The number of benzene rings is 1. The van der Waals surface area contributed by atoms with Crippen LogP contribution in [-0.4, -0.2) is 36.7 Å². The molecule has 124 valence electrons. The molecule has 0 fully saturated rings. The summed E-state index contributed by atoms with van der Waals surface area (Å²) in [5.74, 6) is 0. The molecule has 1 aromatic carbocycles. The number of rotatable bonds is 6. The van der Waals surface area contributed by atoms with Crippen LogP contribution in [0.2, 0.25) is 6.04 Å². The van der Waals surface area contributed by atoms with Crippen molar-refractivity contribution in [3.8, 4) is 0 Å². The van der Waals surface area contributed by atoms with Crippen LogP contribution in [0.3, 0.4) is 0 Å². The van der Waals surface area contributed by atoms with E-state index in [4.69, 9.17) is 24.7 Å². The molecule has 4 N–H and O–H groups in total. The molecule has 5 nitrogen and oxygen atoms in total. The third-order valence-corrected chi connectivity index (χ3v) is 5.55. The average molecular weight is 317 g/mol. The highest BCUT2D eigenvalue weighted by Gasteiger charge is 2.36. The fourth-order valence-electron chi connectivity index (χ4n) is 1.48. The SMILES string of the molecule is CCC[Si](OC)(OC)OC.CCN.NCc1ccccc1. The maximum atomic E-state index is 5.35. The standard InChI is InChI=1S/C7H9N.C6H16O3Si.C2H7N/c8-6-7-4-2-1-3-5-7;1-5-6-10(7-2,8-3)9-4;1-2-3/h1-5H,6,8H2;5-6H2,1-4H3;2-3H2,1H3. The van der Waals surface area contributed by atoms with Gasteiger partial charge in [0.2, 0.25) is 0 Å². The fraction of sp³-hybridized carbons (Fsp3) is 0.600. The van der Waals surface area contributed by atoms with E-state index in [1.807, 2.05) is 37.3 Å². The Kier molecular flexibility index (Phi) is 16.8. The molecule has 0 amide bonds. The van der Waals surface area contributed by atoms with Crippen molar-refractivity contribution in [2.24, 2.45) is 11.5 Å². The van der Waals surface area contributed by atoms with Gasteiger partial charge in [-0.05, 0) is 12.1 Å². The first-order valence-electron chi connectivity index (χ1n) is 7.19. The van der Waals surface area contributed by atoms with Crippen LogP contribution in [0.25, 0.3) is 0 Å². The van der Waals surface area contributed by atoms with Gasteiger partial charge in [-0.1, -0.05) is 50.6 Å². The second-order valence-electron chi connectivity index (χ2n) is 4.14. The van der Waals surface area contributed by atoms with Crippen molar-refractivity contribution >= 4 is 8.80 Å². The molecule has 6 heteroatoms. The van der Waals surface area contributed by atoms with Crippen LogP contribution < -0.4 is 11.5 Å². The van der Waals surface area contributed by atoms with Crippen LogP contribution in [0.4, 0.5) is 0 Å². The van der Waals surface area contributed by atoms with Crippen LogP contribution in [0.5, 0.6) is 0 Å². The molecule has 0 aromatic heterocycles. The summed E-state index contributed by atoms with van der Waals surface area (Å²) < 4.78 is 15.5. The summed E-state index contributed by atoms with van der Waals surface area (Å²) in [5.41, 5.74) is 11.4. The van der Waals surface area contributed by atoms with E-state index in [9.17, 15) is 0 Å². The third kappa shape index (κ3) is 11.6. The largest absolute Gasteiger partial charge is 0.500 e. The van der Waals surface area contributed by atoms with Crippen molar-refractivity contribution in [2.45, 2.75) is 32.9 Å². The van der Waals surface area contributed by atoms with Crippen molar-refractivity contribution in [1.82, 2.24) is 0 Å². The lowest BCUT2D eigenvalue weighted by Gasteiger charge is -2.23. The zero-order chi connectivity index (χ0) is 16.6. The molecular formula is C15H32N2O3Si. The van der Waals surface area contributed by atoms with Crippen molar-refractivity contribution in [1.29, 1.82) is 0 Å². The van der Waals surface area contributed by atoms with E-state index < -0.39 is 8.80 Å². The minimum atomic E-state index is -2.22. The maximum absolute atomic E-state index is 5.35. The molecule has 0 aliphatic heterocycles. The van der Waals surface area contributed by atoms with Crippen molar-refractivity contribution in [3.05, 3.63) is 35.9 Å². The van der Waals surface area contributed by atoms with Crippen LogP contribution in [0.1, 0.15) is 25.8 Å². The Balaban J connectivity index is 0. The first kappa shape index (κ1) is 22.5. The Labute approximate surface area is 130 Å². The van der Waals surface area contributed by atoms with Crippen molar-refractivity contribution in [3.63, 3.8) is 0 Å². The normalized spacial score (nSPS) is 10.0. The highest BCUT2D eigenvalue weighted by molar-refractivity contribution is 6.60. The topological polar surface area (TPSA) is 79.7 Å². The Morgan fingerprint density at radius 2 is 1.33 bits per heavy atom. The molecule has 1 rings (SSSR count). The van der Waals surface area contributed by atoms with Gasteiger partial charge in [-0.2, -0.15) is 0 Å². The molecule has 0 radical (unpaired) electrons. The van der Waals surface area contributed by atoms with Gasteiger partial charge in [0.25, 0.3) is 0 Å². The molecular weight excluding hydrogens is 284 g/mol. The van der Waals surface area contributed by atoms with E-state index >= 15 is 0 Å². The summed E-state index contributed by atoms with van der Waals surface area (Å²) in [6.07, 6.45) is 1.03. The Morgan fingerprint density at radius 1 is 0.905 bits per heavy atom. The lowest BCUT2D eigenvalue weighted by Crippen LogP contribution is -2.42. The van der Waals surface area contributed by atoms with E-state index in [2.05, 4.69) is 6.92 Å². The first-order valence-corrected chi connectivity index (χ1v) is 9.12. The lowest BCUT2D eigenvalue weighted by atomic mass is 10.2. The zero-order valence-corrected chi connectivity index (χ0v) is 15.1. The summed E-state index contributed by atoms with van der Waals surface area (Å²) in [7, 11) is 2.68. The zero-order valence-electron chi connectivity index (χ0n) is 14.1. The quantitative estimate of drug-likeness (QED) is 0.788. The highest BCUT2D eigenvalue weighted by atomic mass is 28.4. The Hall–Kier alpha value is -0.763. The summed E-state index contributed by atoms with van der Waals surface area (Å²) in [6, 6.07) is 10.9. The molecule has 0 bridgehead atoms. The molecule has 21 heavy (non-hydrogen) atoms. The van der Waals surface area contributed by atoms with Gasteiger partial charge in [-0.3, -0.25) is 0 Å². The van der Waals surface area contributed by atoms with Crippen molar-refractivity contribution in [2.75, 3.05) is 27.9 Å². The predicted octanol–water partition coefficient (Wildman–Crippen LogP) is 2.38. The Morgan fingerprint density at radius 3 is 1.52 bits per heavy atom. The number of nitrogens with two attached hydrogens (primary N) is 2. The molecule has 0 aliphatic carbocycles. The smallest absolute Gasteiger partial charge is 0.377 e. The molecule has 0 aliphatic rings. The van der Waals surface area contributed by atoms with Crippen LogP contribution in [-0.2, 0) is 19.8 Å². The minimum absolute atomic E-state index is 0.640. The van der Waals surface area contributed by atoms with Gasteiger partial charge >= 0.3 is 8.80 Å². The second kappa shape index (κ2) is 15.6. The molecule has 0 unspecified atom stereocenters. The molecule has 0 saturated carbocycles. The molecule has 0 saturated heterocycles. The summed E-state index contributed by atoms with van der Waals surface area (Å²) in [4.78, 5) is 0. The summed E-state index contributed by atoms with van der Waals surface area (Å²) in [5, 5.41) is 0. The molecule has 1 aromatic rings. The van der Waals surface area contributed by atoms with Gasteiger partial charge in [-0.25, -0.2) is 0 Å². The predicted molar refractivity (Wildman–Crippen MR) is 90.9 cm³/mol. The molecule has 0 spiro atoms. The van der Waals surface area contributed by atoms with Crippen molar-refractivity contribution < 1.29 is 13.3 Å². The molecule has 0 atom stereocenters. The van der Waals surface area contributed by atoms with Gasteiger partial charge in [0, 0.05) is 33.9 Å². The summed E-state index contributed by atoms with van der Waals surface area (Å²) in [6.45, 7) is 5.37. The van der Waals surface area contributed by atoms with Gasteiger partial charge in [0.05, 0.1) is 0 Å². The van der Waals surface area contributed by atoms with E-state index in [0.29, 0.717) is 6.54 Å². The minimum Gasteiger partial charge on any atom is -0.377 e. The lowest BCUT2D eigenvalue weighted by molar-refractivity contribution is 0.123. The number of hydrogen-bond donors (Lipinski definition) is 2. The van der Waals surface area contributed by atoms with E-state index in [-0.39, 0.29) is 0 Å². The van der Waals surface area contributed by atoms with Gasteiger partial charge < -0.3 is 24.7 Å². The monoisotopic (exact) mass is 316 g/mol. The van der Waals surface area contributed by atoms with Gasteiger partial charge in [0.15, 0.2) is 0 Å². The molecule has 0 heterocycles.